The molecule has 12 heavy (non-hydrogen) atoms. The highest BCUT2D eigenvalue weighted by Crippen LogP contribution is 1.76. The van der Waals surface area contributed by atoms with E-state index in [0.717, 1.165) is 6.42 Å². The van der Waals surface area contributed by atoms with Crippen molar-refractivity contribution in [3.8, 4) is 6.07 Å². The standard InChI is InChI=1S/C8H13N3O/c1-2-3-6-10-8(12)11-7-4-5-9/h3,6H,2,4,7H2,1H3,(H2,10,11,12)/b6-3+. The number of nitrogens with zero attached hydrogens (tertiary/aromatic N) is 1. The van der Waals surface area contributed by atoms with E-state index in [1.807, 2.05) is 19.1 Å². The average molecular weight is 167 g/mol. The minimum absolute atomic E-state index is 0.269. The molecule has 0 radical (unpaired) electrons. The van der Waals surface area contributed by atoms with Crippen LogP contribution in [0.4, 0.5) is 4.79 Å². The highest BCUT2D eigenvalue weighted by atomic mass is 16.2. The van der Waals surface area contributed by atoms with Crippen LogP contribution in [0.15, 0.2) is 12.3 Å². The van der Waals surface area contributed by atoms with Gasteiger partial charge in [0, 0.05) is 12.7 Å². The molecule has 4 nitrogen and oxygen atoms in total. The van der Waals surface area contributed by atoms with Crippen molar-refractivity contribution in [3.05, 3.63) is 12.3 Å². The predicted molar refractivity (Wildman–Crippen MR) is 46.2 cm³/mol. The molecule has 0 aromatic heterocycles. The van der Waals surface area contributed by atoms with Gasteiger partial charge in [0.2, 0.25) is 0 Å². The highest BCUT2D eigenvalue weighted by Gasteiger charge is 1.93. The molecule has 0 bridgehead atoms. The second kappa shape index (κ2) is 7.61. The SMILES string of the molecule is CC/C=C/NC(=O)NCCC#N. The number of amides is 2. The molecule has 0 aromatic rings. The van der Waals surface area contributed by atoms with Crippen molar-refractivity contribution < 1.29 is 4.79 Å². The van der Waals surface area contributed by atoms with E-state index >= 15 is 0 Å². The summed E-state index contributed by atoms with van der Waals surface area (Å²) in [5, 5.41) is 13.2. The molecule has 0 aliphatic carbocycles. The summed E-state index contributed by atoms with van der Waals surface area (Å²) >= 11 is 0. The van der Waals surface area contributed by atoms with Gasteiger partial charge < -0.3 is 10.6 Å². The van der Waals surface area contributed by atoms with E-state index in [-0.39, 0.29) is 6.03 Å². The normalized spacial score (nSPS) is 9.33. The van der Waals surface area contributed by atoms with Gasteiger partial charge >= 0.3 is 6.03 Å². The molecule has 0 heterocycles. The Labute approximate surface area is 72.3 Å². The van der Waals surface area contributed by atoms with Gasteiger partial charge in [-0.05, 0) is 6.42 Å². The quantitative estimate of drug-likeness (QED) is 0.616. The summed E-state index contributed by atoms with van der Waals surface area (Å²) in [5.74, 6) is 0. The first kappa shape index (κ1) is 10.5. The van der Waals surface area contributed by atoms with Crippen LogP contribution in [0, 0.1) is 11.3 Å². The zero-order chi connectivity index (χ0) is 9.23. The third kappa shape index (κ3) is 6.62. The Morgan fingerprint density at radius 3 is 3.00 bits per heavy atom. The van der Waals surface area contributed by atoms with E-state index in [4.69, 9.17) is 5.26 Å². The Kier molecular flexibility index (Phi) is 6.65. The topological polar surface area (TPSA) is 64.9 Å². The summed E-state index contributed by atoms with van der Waals surface area (Å²) in [7, 11) is 0. The number of allylic oxidation sites excluding steroid dienone is 1. The van der Waals surface area contributed by atoms with Crippen LogP contribution in [0.3, 0.4) is 0 Å². The lowest BCUT2D eigenvalue weighted by Crippen LogP contribution is -2.32. The fourth-order valence-electron chi connectivity index (χ4n) is 0.535. The van der Waals surface area contributed by atoms with E-state index in [1.165, 1.54) is 0 Å². The van der Waals surface area contributed by atoms with Crippen LogP contribution in [0.1, 0.15) is 19.8 Å². The summed E-state index contributed by atoms with van der Waals surface area (Å²) in [6.07, 6.45) is 4.65. The summed E-state index contributed by atoms with van der Waals surface area (Å²) in [6, 6.07) is 1.66. The van der Waals surface area contributed by atoms with Gasteiger partial charge in [-0.15, -0.1) is 0 Å². The smallest absolute Gasteiger partial charge is 0.318 e. The molecule has 2 amide bonds. The lowest BCUT2D eigenvalue weighted by Gasteiger charge is -1.99. The molecule has 0 aromatic carbocycles. The molecule has 0 fully saturated rings. The van der Waals surface area contributed by atoms with Crippen molar-refractivity contribution in [3.63, 3.8) is 0 Å². The van der Waals surface area contributed by atoms with Gasteiger partial charge in [-0.2, -0.15) is 5.26 Å². The molecule has 2 N–H and O–H groups in total. The Bertz CT molecular complexity index is 193. The second-order valence-corrected chi connectivity index (χ2v) is 2.12. The van der Waals surface area contributed by atoms with Crippen LogP contribution >= 0.6 is 0 Å². The molecular weight excluding hydrogens is 154 g/mol. The lowest BCUT2D eigenvalue weighted by molar-refractivity contribution is 0.244. The summed E-state index contributed by atoms with van der Waals surface area (Å²) < 4.78 is 0. The van der Waals surface area contributed by atoms with Crippen LogP contribution in [0.2, 0.25) is 0 Å². The molecule has 0 rings (SSSR count). The Morgan fingerprint density at radius 1 is 1.67 bits per heavy atom. The fraction of sp³-hybridized carbons (Fsp3) is 0.500. The highest BCUT2D eigenvalue weighted by molar-refractivity contribution is 5.74. The van der Waals surface area contributed by atoms with E-state index in [0.29, 0.717) is 13.0 Å². The predicted octanol–water partition coefficient (Wildman–Crippen LogP) is 1.12. The number of rotatable bonds is 4. The van der Waals surface area contributed by atoms with E-state index < -0.39 is 0 Å². The lowest BCUT2D eigenvalue weighted by atomic mass is 10.5. The molecule has 4 heteroatoms. The van der Waals surface area contributed by atoms with Gasteiger partial charge in [0.05, 0.1) is 12.5 Å². The number of hydrogen-bond acceptors (Lipinski definition) is 2. The van der Waals surface area contributed by atoms with E-state index in [1.54, 1.807) is 6.20 Å². The van der Waals surface area contributed by atoms with Gasteiger partial charge in [0.25, 0.3) is 0 Å². The van der Waals surface area contributed by atoms with E-state index in [2.05, 4.69) is 10.6 Å². The molecule has 0 spiro atoms. The zero-order valence-corrected chi connectivity index (χ0v) is 7.13. The van der Waals surface area contributed by atoms with Gasteiger partial charge in [0.15, 0.2) is 0 Å². The van der Waals surface area contributed by atoms with Crippen molar-refractivity contribution in [2.45, 2.75) is 19.8 Å². The Morgan fingerprint density at radius 2 is 2.42 bits per heavy atom. The summed E-state index contributed by atoms with van der Waals surface area (Å²) in [5.41, 5.74) is 0. The van der Waals surface area contributed by atoms with Crippen LogP contribution < -0.4 is 10.6 Å². The summed E-state index contributed by atoms with van der Waals surface area (Å²) in [4.78, 5) is 10.8. The van der Waals surface area contributed by atoms with Gasteiger partial charge in [-0.3, -0.25) is 0 Å². The molecule has 0 aliphatic heterocycles. The maximum atomic E-state index is 10.8. The molecular formula is C8H13N3O. The van der Waals surface area contributed by atoms with Crippen LogP contribution in [-0.2, 0) is 0 Å². The Balaban J connectivity index is 3.35. The molecule has 0 aliphatic rings. The Hall–Kier alpha value is -1.50. The first-order chi connectivity index (χ1) is 5.81. The van der Waals surface area contributed by atoms with Crippen LogP contribution in [0.25, 0.3) is 0 Å². The zero-order valence-electron chi connectivity index (χ0n) is 7.13. The van der Waals surface area contributed by atoms with Crippen LogP contribution in [-0.4, -0.2) is 12.6 Å². The monoisotopic (exact) mass is 167 g/mol. The van der Waals surface area contributed by atoms with Crippen molar-refractivity contribution in [1.29, 1.82) is 5.26 Å². The molecule has 0 saturated carbocycles. The molecule has 0 saturated heterocycles. The number of carbonyl (C=O) groups is 1. The van der Waals surface area contributed by atoms with Crippen molar-refractivity contribution >= 4 is 6.03 Å². The maximum absolute atomic E-state index is 10.8. The first-order valence-corrected chi connectivity index (χ1v) is 3.87. The first-order valence-electron chi connectivity index (χ1n) is 3.87. The average Bonchev–Trinajstić information content (AvgIpc) is 2.06. The third-order valence-electron chi connectivity index (χ3n) is 1.09. The van der Waals surface area contributed by atoms with E-state index in [9.17, 15) is 4.79 Å². The molecule has 0 unspecified atom stereocenters. The minimum atomic E-state index is -0.269. The van der Waals surface area contributed by atoms with Crippen LogP contribution in [0.5, 0.6) is 0 Å². The van der Waals surface area contributed by atoms with Gasteiger partial charge in [0.1, 0.15) is 0 Å². The minimum Gasteiger partial charge on any atom is -0.337 e. The van der Waals surface area contributed by atoms with Gasteiger partial charge in [-0.1, -0.05) is 13.0 Å². The number of hydrogen-bond donors (Lipinski definition) is 2. The fourth-order valence-corrected chi connectivity index (χ4v) is 0.535. The van der Waals surface area contributed by atoms with Crippen molar-refractivity contribution in [2.24, 2.45) is 0 Å². The summed E-state index contributed by atoms with van der Waals surface area (Å²) in [6.45, 7) is 2.37. The largest absolute Gasteiger partial charge is 0.337 e. The molecule has 0 atom stereocenters. The number of urea groups is 1. The second-order valence-electron chi connectivity index (χ2n) is 2.12. The third-order valence-corrected chi connectivity index (χ3v) is 1.09. The van der Waals surface area contributed by atoms with Gasteiger partial charge in [-0.25, -0.2) is 4.79 Å². The maximum Gasteiger partial charge on any atom is 0.318 e. The number of nitriles is 1. The van der Waals surface area contributed by atoms with Crippen molar-refractivity contribution in [1.82, 2.24) is 10.6 Å². The van der Waals surface area contributed by atoms with Crippen molar-refractivity contribution in [2.75, 3.05) is 6.54 Å². The molecule has 66 valence electrons. The number of carbonyl (C=O) groups excluding carboxylic acids is 1. The number of nitrogens with one attached hydrogen (secondary N) is 2.